The van der Waals surface area contributed by atoms with Crippen molar-refractivity contribution >= 4 is 5.97 Å². The van der Waals surface area contributed by atoms with Crippen LogP contribution in [-0.2, 0) is 28.5 Å². The first-order valence-electron chi connectivity index (χ1n) is 16.8. The van der Waals surface area contributed by atoms with E-state index in [1.54, 1.807) is 0 Å². The molecule has 0 bridgehead atoms. The van der Waals surface area contributed by atoms with Crippen LogP contribution in [0.1, 0.15) is 149 Å². The van der Waals surface area contributed by atoms with E-state index in [1.165, 1.54) is 103 Å². The Hall–Kier alpha value is -0.690. The molecule has 0 aromatic carbocycles. The second-order valence-corrected chi connectivity index (χ2v) is 10.8. The van der Waals surface area contributed by atoms with Crippen LogP contribution in [0.2, 0.25) is 0 Å². The molecule has 0 aromatic heterocycles. The molecule has 234 valence electrons. The van der Waals surface area contributed by atoms with Crippen LogP contribution in [0.4, 0.5) is 0 Å². The van der Waals surface area contributed by atoms with Crippen molar-refractivity contribution in [1.82, 2.24) is 0 Å². The van der Waals surface area contributed by atoms with Gasteiger partial charge in [0.15, 0.2) is 0 Å². The molecule has 0 N–H and O–H groups in total. The standard InChI is InChI=1S/C33H66O6/c1-3-5-7-8-9-10-11-12-13-14-15-16-17-18-19-21-26-39-33(34)23-22-25-36-28-30-38-32-31-37-29-27-35-24-20-6-4-2/h3-32H2,1-2H3. The zero-order valence-electron chi connectivity index (χ0n) is 26.2. The molecule has 0 radical (unpaired) electrons. The van der Waals surface area contributed by atoms with E-state index in [9.17, 15) is 4.79 Å². The third kappa shape index (κ3) is 35.3. The van der Waals surface area contributed by atoms with Gasteiger partial charge in [-0.2, -0.15) is 0 Å². The highest BCUT2D eigenvalue weighted by molar-refractivity contribution is 5.69. The van der Waals surface area contributed by atoms with Crippen molar-refractivity contribution in [3.8, 4) is 0 Å². The predicted octanol–water partition coefficient (Wildman–Crippen LogP) is 8.83. The number of carbonyl (C=O) groups excluding carboxylic acids is 1. The summed E-state index contributed by atoms with van der Waals surface area (Å²) < 4.78 is 27.3. The highest BCUT2D eigenvalue weighted by Crippen LogP contribution is 2.13. The van der Waals surface area contributed by atoms with E-state index >= 15 is 0 Å². The van der Waals surface area contributed by atoms with Crippen molar-refractivity contribution in [3.63, 3.8) is 0 Å². The topological polar surface area (TPSA) is 63.2 Å². The van der Waals surface area contributed by atoms with Crippen LogP contribution in [-0.4, -0.2) is 65.4 Å². The number of esters is 1. The lowest BCUT2D eigenvalue weighted by Crippen LogP contribution is -2.12. The number of hydrogen-bond acceptors (Lipinski definition) is 6. The molecule has 0 aliphatic heterocycles. The average Bonchev–Trinajstić information content (AvgIpc) is 2.94. The average molecular weight is 559 g/mol. The molecule has 0 aliphatic rings. The summed E-state index contributed by atoms with van der Waals surface area (Å²) >= 11 is 0. The summed E-state index contributed by atoms with van der Waals surface area (Å²) in [6.07, 6.45) is 26.3. The van der Waals surface area contributed by atoms with Gasteiger partial charge in [0.1, 0.15) is 0 Å². The summed E-state index contributed by atoms with van der Waals surface area (Å²) in [6.45, 7) is 9.88. The van der Waals surface area contributed by atoms with Gasteiger partial charge in [0.05, 0.1) is 46.2 Å². The second kappa shape index (κ2) is 35.3. The summed E-state index contributed by atoms with van der Waals surface area (Å²) in [4.78, 5) is 11.8. The van der Waals surface area contributed by atoms with Crippen molar-refractivity contribution in [3.05, 3.63) is 0 Å². The van der Waals surface area contributed by atoms with Gasteiger partial charge in [-0.15, -0.1) is 0 Å². The molecule has 6 nitrogen and oxygen atoms in total. The quantitative estimate of drug-likeness (QED) is 0.0581. The van der Waals surface area contributed by atoms with Crippen molar-refractivity contribution in [2.24, 2.45) is 0 Å². The largest absolute Gasteiger partial charge is 0.466 e. The molecule has 6 heteroatoms. The van der Waals surface area contributed by atoms with Crippen LogP contribution in [0.25, 0.3) is 0 Å². The van der Waals surface area contributed by atoms with E-state index in [0.717, 1.165) is 25.9 Å². The van der Waals surface area contributed by atoms with Gasteiger partial charge in [-0.1, -0.05) is 123 Å². The van der Waals surface area contributed by atoms with Gasteiger partial charge >= 0.3 is 5.97 Å². The molecule has 0 saturated carbocycles. The maximum Gasteiger partial charge on any atom is 0.305 e. The van der Waals surface area contributed by atoms with Crippen LogP contribution in [0.5, 0.6) is 0 Å². The first-order valence-corrected chi connectivity index (χ1v) is 16.8. The van der Waals surface area contributed by atoms with Crippen molar-refractivity contribution in [1.29, 1.82) is 0 Å². The molecule has 0 amide bonds. The highest BCUT2D eigenvalue weighted by atomic mass is 16.6. The molecule has 39 heavy (non-hydrogen) atoms. The third-order valence-corrected chi connectivity index (χ3v) is 6.94. The molecule has 0 rings (SSSR count). The molecule has 0 saturated heterocycles. The van der Waals surface area contributed by atoms with Gasteiger partial charge < -0.3 is 23.7 Å². The van der Waals surface area contributed by atoms with Gasteiger partial charge in [0.25, 0.3) is 0 Å². The van der Waals surface area contributed by atoms with Crippen molar-refractivity contribution in [2.45, 2.75) is 149 Å². The van der Waals surface area contributed by atoms with Crippen LogP contribution in [0.15, 0.2) is 0 Å². The zero-order valence-corrected chi connectivity index (χ0v) is 26.2. The first-order chi connectivity index (χ1) is 19.3. The second-order valence-electron chi connectivity index (χ2n) is 10.8. The van der Waals surface area contributed by atoms with E-state index in [4.69, 9.17) is 23.7 Å². The summed E-state index contributed by atoms with van der Waals surface area (Å²) in [5, 5.41) is 0. The van der Waals surface area contributed by atoms with Gasteiger partial charge in [0.2, 0.25) is 0 Å². The first kappa shape index (κ1) is 38.3. The molecule has 0 heterocycles. The molecule has 0 atom stereocenters. The number of rotatable bonds is 34. The lowest BCUT2D eigenvalue weighted by molar-refractivity contribution is -0.144. The predicted molar refractivity (Wildman–Crippen MR) is 163 cm³/mol. The Morgan fingerprint density at radius 2 is 0.667 bits per heavy atom. The Labute approximate surface area is 242 Å². The molecule has 0 aliphatic carbocycles. The smallest absolute Gasteiger partial charge is 0.305 e. The molecule has 0 fully saturated rings. The Morgan fingerprint density at radius 1 is 0.359 bits per heavy atom. The number of ether oxygens (including phenoxy) is 5. The summed E-state index contributed by atoms with van der Waals surface area (Å²) in [7, 11) is 0. The Balaban J connectivity index is 3.14. The van der Waals surface area contributed by atoms with Crippen LogP contribution in [0, 0.1) is 0 Å². The minimum Gasteiger partial charge on any atom is -0.466 e. The fourth-order valence-electron chi connectivity index (χ4n) is 4.44. The zero-order chi connectivity index (χ0) is 28.3. The lowest BCUT2D eigenvalue weighted by Gasteiger charge is -2.08. The van der Waals surface area contributed by atoms with Crippen LogP contribution in [0.3, 0.4) is 0 Å². The van der Waals surface area contributed by atoms with Crippen LogP contribution < -0.4 is 0 Å². The number of unbranched alkanes of at least 4 members (excludes halogenated alkanes) is 17. The fraction of sp³-hybridized carbons (Fsp3) is 0.970. The summed E-state index contributed by atoms with van der Waals surface area (Å²) in [5.74, 6) is -0.109. The minimum absolute atomic E-state index is 0.109. The fourth-order valence-corrected chi connectivity index (χ4v) is 4.44. The van der Waals surface area contributed by atoms with Gasteiger partial charge in [-0.05, 0) is 19.3 Å². The van der Waals surface area contributed by atoms with E-state index in [0.29, 0.717) is 65.7 Å². The Morgan fingerprint density at radius 3 is 1.10 bits per heavy atom. The monoisotopic (exact) mass is 558 g/mol. The van der Waals surface area contributed by atoms with Gasteiger partial charge in [-0.3, -0.25) is 4.79 Å². The molecular weight excluding hydrogens is 492 g/mol. The molecule has 0 spiro atoms. The maximum absolute atomic E-state index is 11.8. The Kier molecular flexibility index (Phi) is 34.7. The third-order valence-electron chi connectivity index (χ3n) is 6.94. The molecular formula is C33H66O6. The SMILES string of the molecule is CCCCCCCCCCCCCCCCCCOC(=O)CCCOCCOCCOCCOCCCCC. The molecule has 0 unspecified atom stereocenters. The van der Waals surface area contributed by atoms with E-state index in [1.807, 2.05) is 0 Å². The molecule has 0 aromatic rings. The van der Waals surface area contributed by atoms with E-state index in [2.05, 4.69) is 13.8 Å². The number of carbonyl (C=O) groups is 1. The highest BCUT2D eigenvalue weighted by Gasteiger charge is 2.03. The maximum atomic E-state index is 11.8. The number of hydrogen-bond donors (Lipinski definition) is 0. The normalized spacial score (nSPS) is 11.3. The van der Waals surface area contributed by atoms with Crippen LogP contribution >= 0.6 is 0 Å². The summed E-state index contributed by atoms with van der Waals surface area (Å²) in [5.41, 5.74) is 0. The van der Waals surface area contributed by atoms with Crippen molar-refractivity contribution in [2.75, 3.05) is 59.5 Å². The van der Waals surface area contributed by atoms with E-state index < -0.39 is 0 Å². The van der Waals surface area contributed by atoms with Crippen molar-refractivity contribution < 1.29 is 28.5 Å². The Bertz CT molecular complexity index is 459. The minimum atomic E-state index is -0.109. The van der Waals surface area contributed by atoms with E-state index in [-0.39, 0.29) is 5.97 Å². The lowest BCUT2D eigenvalue weighted by atomic mass is 10.0. The summed E-state index contributed by atoms with van der Waals surface area (Å²) in [6, 6.07) is 0. The van der Waals surface area contributed by atoms with Gasteiger partial charge in [0, 0.05) is 19.6 Å². The van der Waals surface area contributed by atoms with Gasteiger partial charge in [-0.25, -0.2) is 0 Å².